The quantitative estimate of drug-likeness (QED) is 0.774. The molecule has 0 aliphatic carbocycles. The Morgan fingerprint density at radius 3 is 2.48 bits per heavy atom. The SMILES string of the molecule is CCN(CC)C1CCN(S(=O)(=O)N2CCCCC2CO)C1. The van der Waals surface area contributed by atoms with E-state index in [2.05, 4.69) is 18.7 Å². The summed E-state index contributed by atoms with van der Waals surface area (Å²) in [7, 11) is -3.43. The fourth-order valence-electron chi connectivity index (χ4n) is 3.57. The van der Waals surface area contributed by atoms with E-state index in [1.54, 1.807) is 4.31 Å². The van der Waals surface area contributed by atoms with Gasteiger partial charge in [0, 0.05) is 31.7 Å². The molecule has 2 aliphatic rings. The number of hydrogen-bond acceptors (Lipinski definition) is 4. The molecule has 2 unspecified atom stereocenters. The van der Waals surface area contributed by atoms with Gasteiger partial charge in [-0.1, -0.05) is 20.3 Å². The maximum Gasteiger partial charge on any atom is 0.282 e. The molecule has 2 saturated heterocycles. The van der Waals surface area contributed by atoms with E-state index in [0.29, 0.717) is 25.7 Å². The van der Waals surface area contributed by atoms with Crippen LogP contribution in [0.15, 0.2) is 0 Å². The third-order valence-corrected chi connectivity index (χ3v) is 6.92. The van der Waals surface area contributed by atoms with Gasteiger partial charge >= 0.3 is 0 Å². The van der Waals surface area contributed by atoms with Gasteiger partial charge in [-0.15, -0.1) is 0 Å². The first-order valence-electron chi connectivity index (χ1n) is 8.16. The van der Waals surface area contributed by atoms with Crippen LogP contribution in [0.4, 0.5) is 0 Å². The van der Waals surface area contributed by atoms with E-state index in [-0.39, 0.29) is 12.6 Å². The van der Waals surface area contributed by atoms with Crippen LogP contribution < -0.4 is 0 Å². The Bertz CT molecular complexity index is 425. The molecule has 2 atom stereocenters. The highest BCUT2D eigenvalue weighted by atomic mass is 32.2. The zero-order valence-electron chi connectivity index (χ0n) is 13.2. The fraction of sp³-hybridized carbons (Fsp3) is 1.00. The minimum atomic E-state index is -3.43. The van der Waals surface area contributed by atoms with E-state index in [0.717, 1.165) is 38.8 Å². The van der Waals surface area contributed by atoms with Crippen molar-refractivity contribution in [3.63, 3.8) is 0 Å². The van der Waals surface area contributed by atoms with Gasteiger partial charge in [0.05, 0.1) is 6.61 Å². The predicted octanol–water partition coefficient (Wildman–Crippen LogP) is 0.494. The lowest BCUT2D eigenvalue weighted by atomic mass is 10.1. The smallest absolute Gasteiger partial charge is 0.282 e. The Morgan fingerprint density at radius 2 is 1.86 bits per heavy atom. The summed E-state index contributed by atoms with van der Waals surface area (Å²) >= 11 is 0. The molecule has 2 aliphatic heterocycles. The van der Waals surface area contributed by atoms with Gasteiger partial charge in [0.2, 0.25) is 0 Å². The normalized spacial score (nSPS) is 29.3. The lowest BCUT2D eigenvalue weighted by Crippen LogP contribution is -2.51. The molecule has 2 heterocycles. The first-order chi connectivity index (χ1) is 10.0. The van der Waals surface area contributed by atoms with Crippen molar-refractivity contribution in [3.05, 3.63) is 0 Å². The van der Waals surface area contributed by atoms with Crippen molar-refractivity contribution in [1.82, 2.24) is 13.5 Å². The summed E-state index contributed by atoms with van der Waals surface area (Å²) in [6.07, 6.45) is 3.56. The van der Waals surface area contributed by atoms with Crippen molar-refractivity contribution in [2.45, 2.75) is 51.6 Å². The summed E-state index contributed by atoms with van der Waals surface area (Å²) < 4.78 is 28.8. The fourth-order valence-corrected chi connectivity index (χ4v) is 5.47. The monoisotopic (exact) mass is 319 g/mol. The van der Waals surface area contributed by atoms with Crippen LogP contribution in [0.25, 0.3) is 0 Å². The van der Waals surface area contributed by atoms with E-state index in [9.17, 15) is 13.5 Å². The molecule has 2 rings (SSSR count). The Kier molecular flexibility index (Phi) is 6.02. The molecular formula is C14H29N3O3S. The topological polar surface area (TPSA) is 64.1 Å². The van der Waals surface area contributed by atoms with Crippen molar-refractivity contribution >= 4 is 10.2 Å². The van der Waals surface area contributed by atoms with Crippen LogP contribution in [-0.4, -0.2) is 78.4 Å². The molecule has 0 saturated carbocycles. The zero-order chi connectivity index (χ0) is 15.5. The lowest BCUT2D eigenvalue weighted by Gasteiger charge is -2.36. The van der Waals surface area contributed by atoms with Crippen LogP contribution in [0.1, 0.15) is 39.5 Å². The Balaban J connectivity index is 2.06. The Hall–Kier alpha value is -0.210. The highest BCUT2D eigenvalue weighted by Gasteiger charge is 2.40. The first kappa shape index (κ1) is 17.1. The van der Waals surface area contributed by atoms with E-state index in [1.807, 2.05) is 0 Å². The van der Waals surface area contributed by atoms with Crippen molar-refractivity contribution in [2.24, 2.45) is 0 Å². The van der Waals surface area contributed by atoms with Crippen LogP contribution in [0.5, 0.6) is 0 Å². The molecule has 0 amide bonds. The van der Waals surface area contributed by atoms with Crippen molar-refractivity contribution in [3.8, 4) is 0 Å². The molecule has 124 valence electrons. The third kappa shape index (κ3) is 3.59. The molecule has 0 aromatic rings. The van der Waals surface area contributed by atoms with Crippen LogP contribution >= 0.6 is 0 Å². The van der Waals surface area contributed by atoms with Crippen LogP contribution in [0.2, 0.25) is 0 Å². The van der Waals surface area contributed by atoms with E-state index in [4.69, 9.17) is 0 Å². The molecule has 21 heavy (non-hydrogen) atoms. The average Bonchev–Trinajstić information content (AvgIpc) is 2.99. The summed E-state index contributed by atoms with van der Waals surface area (Å²) in [5, 5.41) is 9.45. The second-order valence-electron chi connectivity index (χ2n) is 5.97. The first-order valence-corrected chi connectivity index (χ1v) is 9.56. The van der Waals surface area contributed by atoms with Gasteiger partial charge in [-0.25, -0.2) is 0 Å². The Labute approximate surface area is 128 Å². The molecule has 7 heteroatoms. The van der Waals surface area contributed by atoms with E-state index >= 15 is 0 Å². The molecule has 0 aromatic heterocycles. The van der Waals surface area contributed by atoms with Gasteiger partial charge in [0.1, 0.15) is 0 Å². The van der Waals surface area contributed by atoms with Gasteiger partial charge in [-0.3, -0.25) is 4.90 Å². The number of likely N-dealkylation sites (N-methyl/N-ethyl adjacent to an activating group) is 1. The third-order valence-electron chi connectivity index (χ3n) is 4.86. The van der Waals surface area contributed by atoms with Gasteiger partial charge in [0.25, 0.3) is 10.2 Å². The molecule has 0 bridgehead atoms. The van der Waals surface area contributed by atoms with Crippen LogP contribution in [-0.2, 0) is 10.2 Å². The molecule has 0 radical (unpaired) electrons. The largest absolute Gasteiger partial charge is 0.395 e. The zero-order valence-corrected chi connectivity index (χ0v) is 14.1. The van der Waals surface area contributed by atoms with E-state index < -0.39 is 10.2 Å². The summed E-state index contributed by atoms with van der Waals surface area (Å²) in [6.45, 7) is 7.79. The van der Waals surface area contributed by atoms with Gasteiger partial charge in [0.15, 0.2) is 0 Å². The average molecular weight is 319 g/mol. The van der Waals surface area contributed by atoms with Gasteiger partial charge in [-0.2, -0.15) is 17.0 Å². The molecule has 0 spiro atoms. The minimum absolute atomic E-state index is 0.0768. The van der Waals surface area contributed by atoms with Crippen LogP contribution in [0, 0.1) is 0 Å². The molecule has 1 N–H and O–H groups in total. The number of hydrogen-bond donors (Lipinski definition) is 1. The summed E-state index contributed by atoms with van der Waals surface area (Å²) in [6, 6.07) is 0.0865. The summed E-state index contributed by atoms with van der Waals surface area (Å²) in [5.74, 6) is 0. The van der Waals surface area contributed by atoms with Gasteiger partial charge in [-0.05, 0) is 32.4 Å². The highest BCUT2D eigenvalue weighted by molar-refractivity contribution is 7.86. The van der Waals surface area contributed by atoms with Crippen molar-refractivity contribution < 1.29 is 13.5 Å². The standard InChI is InChI=1S/C14H29N3O3S/c1-3-15(4-2)13-8-10-16(11-13)21(19,20)17-9-6-5-7-14(17)12-18/h13-14,18H,3-12H2,1-2H3. The lowest BCUT2D eigenvalue weighted by molar-refractivity contribution is 0.148. The number of aliphatic hydroxyl groups is 1. The van der Waals surface area contributed by atoms with Gasteiger partial charge < -0.3 is 5.11 Å². The Morgan fingerprint density at radius 1 is 1.14 bits per heavy atom. The summed E-state index contributed by atoms with van der Waals surface area (Å²) in [4.78, 5) is 2.33. The molecule has 2 fully saturated rings. The second-order valence-corrected chi connectivity index (χ2v) is 7.85. The molecule has 0 aromatic carbocycles. The second kappa shape index (κ2) is 7.37. The predicted molar refractivity (Wildman–Crippen MR) is 83.2 cm³/mol. The molecule has 6 nitrogen and oxygen atoms in total. The number of rotatable bonds is 6. The number of aliphatic hydroxyl groups excluding tert-OH is 1. The van der Waals surface area contributed by atoms with Crippen LogP contribution in [0.3, 0.4) is 0 Å². The summed E-state index contributed by atoms with van der Waals surface area (Å²) in [5.41, 5.74) is 0. The van der Waals surface area contributed by atoms with Crippen molar-refractivity contribution in [2.75, 3.05) is 39.3 Å². The number of piperidine rings is 1. The van der Waals surface area contributed by atoms with Crippen molar-refractivity contribution in [1.29, 1.82) is 0 Å². The maximum atomic E-state index is 12.8. The molecular weight excluding hydrogens is 290 g/mol. The minimum Gasteiger partial charge on any atom is -0.395 e. The maximum absolute atomic E-state index is 12.8. The highest BCUT2D eigenvalue weighted by Crippen LogP contribution is 2.26. The number of nitrogens with zero attached hydrogens (tertiary/aromatic N) is 3. The van der Waals surface area contributed by atoms with E-state index in [1.165, 1.54) is 4.31 Å².